The van der Waals surface area contributed by atoms with Crippen LogP contribution in [0.2, 0.25) is 10.0 Å². The zero-order valence-electron chi connectivity index (χ0n) is 26.7. The van der Waals surface area contributed by atoms with Crippen molar-refractivity contribution in [2.45, 2.75) is 44.4 Å². The molecule has 6 rings (SSSR count). The van der Waals surface area contributed by atoms with Crippen LogP contribution < -0.4 is 0 Å². The molecule has 278 valence electrons. The molecule has 51 heavy (non-hydrogen) atoms. The van der Waals surface area contributed by atoms with Gasteiger partial charge in [-0.3, -0.25) is 32.8 Å². The minimum absolute atomic E-state index is 0.499. The summed E-state index contributed by atoms with van der Waals surface area (Å²) in [5.74, 6) is -1.72. The molecule has 6 N–H and O–H groups in total. The molecule has 0 fully saturated rings. The summed E-state index contributed by atoms with van der Waals surface area (Å²) in [7, 11) is -9.33. The first-order valence-electron chi connectivity index (χ1n) is 14.6. The van der Waals surface area contributed by atoms with Gasteiger partial charge in [-0.1, -0.05) is 59.6 Å². The number of rotatable bonds is 6. The molecule has 0 unspecified atom stereocenters. The molecule has 2 aromatic carbocycles. The normalized spacial score (nSPS) is 16.2. The van der Waals surface area contributed by atoms with Crippen LogP contribution in [0.25, 0.3) is 0 Å². The first kappa shape index (κ1) is 42.4. The van der Waals surface area contributed by atoms with Gasteiger partial charge in [-0.05, 0) is 71.5 Å². The minimum atomic E-state index is -4.67. The molecule has 20 heteroatoms. The van der Waals surface area contributed by atoms with E-state index in [2.05, 4.69) is 22.9 Å². The number of hydrogen-bond acceptors (Lipinski definition) is 10. The summed E-state index contributed by atoms with van der Waals surface area (Å²) in [6.07, 6.45) is 1.79. The van der Waals surface area contributed by atoms with Gasteiger partial charge in [0.05, 0.1) is 0 Å². The monoisotopic (exact) mass is 824 g/mol. The van der Waals surface area contributed by atoms with Gasteiger partial charge in [-0.15, -0.1) is 22.7 Å². The molecular weight excluding hydrogens is 792 g/mol. The van der Waals surface area contributed by atoms with E-state index in [4.69, 9.17) is 58.2 Å². The average molecular weight is 826 g/mol. The Hall–Kier alpha value is -2.98. The summed E-state index contributed by atoms with van der Waals surface area (Å²) in [6, 6.07) is 17.9. The zero-order valence-corrected chi connectivity index (χ0v) is 31.4. The summed E-state index contributed by atoms with van der Waals surface area (Å²) >= 11 is 15.9. The first-order valence-corrected chi connectivity index (χ1v) is 20.0. The molecule has 2 aromatic heterocycles. The summed E-state index contributed by atoms with van der Waals surface area (Å²) in [5, 5.41) is 24.6. The predicted molar refractivity (Wildman–Crippen MR) is 193 cm³/mol. The fraction of sp³-hybridized carbons (Fsp3) is 0.290. The van der Waals surface area contributed by atoms with Crippen LogP contribution in [0.4, 0.5) is 0 Å². The van der Waals surface area contributed by atoms with E-state index in [1.807, 2.05) is 34.1 Å². The van der Waals surface area contributed by atoms with Gasteiger partial charge in [-0.2, -0.15) is 16.8 Å². The Kier molecular flexibility index (Phi) is 15.1. The Bertz CT molecular complexity index is 1990. The van der Waals surface area contributed by atoms with Crippen LogP contribution in [0.5, 0.6) is 0 Å². The second kappa shape index (κ2) is 18.2. The summed E-state index contributed by atoms with van der Waals surface area (Å²) in [6.45, 7) is 4.53. The number of nitrogens with zero attached hydrogens (tertiary/aromatic N) is 2. The van der Waals surface area contributed by atoms with Crippen LogP contribution in [-0.4, -0.2) is 80.1 Å². The summed E-state index contributed by atoms with van der Waals surface area (Å²) in [4.78, 5) is 30.4. The highest BCUT2D eigenvalue weighted by atomic mass is 35.5. The van der Waals surface area contributed by atoms with E-state index < -0.39 is 44.3 Å². The maximum absolute atomic E-state index is 12.0. The first-order chi connectivity index (χ1) is 23.7. The third-order valence-electron chi connectivity index (χ3n) is 7.89. The van der Waals surface area contributed by atoms with Crippen molar-refractivity contribution in [2.24, 2.45) is 0 Å². The van der Waals surface area contributed by atoms with E-state index in [0.29, 0.717) is 34.3 Å². The maximum atomic E-state index is 12.0. The van der Waals surface area contributed by atoms with E-state index in [1.54, 1.807) is 53.9 Å². The molecule has 0 bridgehead atoms. The SMILES string of the molecule is C[C@@](C(=O)O)(c1ccccc1Cl)N1CCc2sccc2C1.O=C(O)[C@H](c1ccccc1Cl)N1CCc2sccc2C1.O=S(=O)(O)O.O=S(=O)(O)O. The third kappa shape index (κ3) is 12.6. The largest absolute Gasteiger partial charge is 0.480 e. The van der Waals surface area contributed by atoms with Gasteiger partial charge in [0.15, 0.2) is 0 Å². The van der Waals surface area contributed by atoms with Crippen molar-refractivity contribution in [1.29, 1.82) is 0 Å². The number of fused-ring (bicyclic) bond motifs is 2. The highest BCUT2D eigenvalue weighted by molar-refractivity contribution is 7.80. The van der Waals surface area contributed by atoms with E-state index in [9.17, 15) is 19.8 Å². The lowest BCUT2D eigenvalue weighted by Gasteiger charge is -2.40. The standard InChI is InChI=1S/C16H16ClNO2S.C15H14ClNO2S.2H2O4S/c1-16(15(19)20,12-4-2-3-5-13(12)17)18-8-6-14-11(10-18)7-9-21-14;16-12-4-2-1-3-11(12)14(15(18)19)17-7-5-13-10(9-17)6-8-20-13;2*1-5(2,3)4/h2-5,7,9H,6,8,10H2,1H3,(H,19,20);1-4,6,8,14H,5,7,9H2,(H,18,19);2*(H2,1,2,3,4)/t16-;14-;;/m00../s1. The van der Waals surface area contributed by atoms with Crippen molar-refractivity contribution < 1.29 is 54.8 Å². The third-order valence-corrected chi connectivity index (χ3v) is 10.6. The van der Waals surface area contributed by atoms with Gasteiger partial charge >= 0.3 is 32.7 Å². The number of carboxylic acids is 2. The van der Waals surface area contributed by atoms with Crippen molar-refractivity contribution in [1.82, 2.24) is 9.80 Å². The number of thiophene rings is 2. The molecule has 0 saturated carbocycles. The minimum Gasteiger partial charge on any atom is -0.480 e. The highest BCUT2D eigenvalue weighted by Crippen LogP contribution is 2.38. The Labute approximate surface area is 312 Å². The highest BCUT2D eigenvalue weighted by Gasteiger charge is 2.44. The number of carbonyl (C=O) groups is 2. The fourth-order valence-electron chi connectivity index (χ4n) is 5.58. The van der Waals surface area contributed by atoms with E-state index in [0.717, 1.165) is 25.9 Å². The number of aliphatic carboxylic acids is 2. The number of carboxylic acid groups (broad SMARTS) is 2. The Morgan fingerprint density at radius 3 is 1.71 bits per heavy atom. The van der Waals surface area contributed by atoms with Gasteiger partial charge in [-0.25, -0.2) is 4.79 Å². The lowest BCUT2D eigenvalue weighted by atomic mass is 9.88. The van der Waals surface area contributed by atoms with Crippen molar-refractivity contribution in [3.63, 3.8) is 0 Å². The topological polar surface area (TPSA) is 230 Å². The Morgan fingerprint density at radius 2 is 1.22 bits per heavy atom. The van der Waals surface area contributed by atoms with Crippen LogP contribution >= 0.6 is 45.9 Å². The Morgan fingerprint density at radius 1 is 0.745 bits per heavy atom. The molecule has 0 spiro atoms. The van der Waals surface area contributed by atoms with Crippen molar-refractivity contribution in [3.05, 3.63) is 113 Å². The average Bonchev–Trinajstić information content (AvgIpc) is 3.69. The molecule has 0 amide bonds. The smallest absolute Gasteiger partial charge is 0.394 e. The number of halogens is 2. The molecule has 0 aliphatic carbocycles. The predicted octanol–water partition coefficient (Wildman–Crippen LogP) is 6.04. The number of hydrogen-bond donors (Lipinski definition) is 6. The quantitative estimate of drug-likeness (QED) is 0.122. The van der Waals surface area contributed by atoms with Gasteiger partial charge in [0.2, 0.25) is 0 Å². The molecule has 14 nitrogen and oxygen atoms in total. The van der Waals surface area contributed by atoms with Gasteiger partial charge in [0.1, 0.15) is 11.6 Å². The number of benzene rings is 2. The molecule has 0 radical (unpaired) electrons. The summed E-state index contributed by atoms with van der Waals surface area (Å²) in [5.41, 5.74) is 2.67. The maximum Gasteiger partial charge on any atom is 0.394 e. The lowest BCUT2D eigenvalue weighted by Crippen LogP contribution is -2.51. The van der Waals surface area contributed by atoms with Crippen LogP contribution in [0, 0.1) is 0 Å². The van der Waals surface area contributed by atoms with Gasteiger partial charge in [0, 0.05) is 51.5 Å². The molecule has 2 atom stereocenters. The molecule has 4 aromatic rings. The fourth-order valence-corrected chi connectivity index (χ4v) is 7.92. The van der Waals surface area contributed by atoms with Crippen LogP contribution in [0.3, 0.4) is 0 Å². The molecular formula is C31H34Cl2N2O12S4. The molecule has 2 aliphatic heterocycles. The van der Waals surface area contributed by atoms with Gasteiger partial charge < -0.3 is 10.2 Å². The van der Waals surface area contributed by atoms with E-state index >= 15 is 0 Å². The van der Waals surface area contributed by atoms with Crippen molar-refractivity contribution in [2.75, 3.05) is 13.1 Å². The second-order valence-corrected chi connectivity index (χ2v) is 15.8. The summed E-state index contributed by atoms with van der Waals surface area (Å²) < 4.78 is 63.2. The molecule has 2 aliphatic rings. The van der Waals surface area contributed by atoms with E-state index in [-0.39, 0.29) is 0 Å². The lowest BCUT2D eigenvalue weighted by molar-refractivity contribution is -0.152. The Balaban J connectivity index is 0.000000219. The van der Waals surface area contributed by atoms with Crippen LogP contribution in [0.1, 0.15) is 45.0 Å². The van der Waals surface area contributed by atoms with Crippen molar-refractivity contribution in [3.8, 4) is 0 Å². The molecule has 0 saturated heterocycles. The van der Waals surface area contributed by atoms with Crippen LogP contribution in [-0.2, 0) is 61.9 Å². The molecule has 4 heterocycles. The van der Waals surface area contributed by atoms with Crippen LogP contribution in [0.15, 0.2) is 71.4 Å². The zero-order chi connectivity index (χ0) is 38.1. The second-order valence-electron chi connectivity index (χ2n) is 11.1. The van der Waals surface area contributed by atoms with Gasteiger partial charge in [0.25, 0.3) is 0 Å². The van der Waals surface area contributed by atoms with Crippen molar-refractivity contribution >= 4 is 78.6 Å². The van der Waals surface area contributed by atoms with E-state index in [1.165, 1.54) is 20.9 Å².